The molecular weight excluding hydrogens is 268 g/mol. The number of aromatic nitrogens is 1. The molecule has 0 unspecified atom stereocenters. The van der Waals surface area contributed by atoms with Crippen molar-refractivity contribution < 1.29 is 9.59 Å². The van der Waals surface area contributed by atoms with Crippen LogP contribution in [0.2, 0.25) is 0 Å². The van der Waals surface area contributed by atoms with E-state index < -0.39 is 17.9 Å². The van der Waals surface area contributed by atoms with E-state index in [1.807, 2.05) is 18.2 Å². The van der Waals surface area contributed by atoms with Gasteiger partial charge < -0.3 is 11.1 Å². The molecule has 0 bridgehead atoms. The smallest absolute Gasteiger partial charge is 0.252 e. The number of primary amides is 1. The van der Waals surface area contributed by atoms with Crippen molar-refractivity contribution in [1.82, 2.24) is 10.3 Å². The van der Waals surface area contributed by atoms with Crippen molar-refractivity contribution in [3.63, 3.8) is 0 Å². The van der Waals surface area contributed by atoms with Crippen LogP contribution in [0.3, 0.4) is 0 Å². The van der Waals surface area contributed by atoms with E-state index in [2.05, 4.69) is 10.3 Å². The average Bonchev–Trinajstić information content (AvgIpc) is 2.50. The van der Waals surface area contributed by atoms with Crippen molar-refractivity contribution in [2.45, 2.75) is 18.9 Å². The average molecular weight is 282 g/mol. The molecule has 2 aromatic rings. The van der Waals surface area contributed by atoms with Crippen LogP contribution in [-0.4, -0.2) is 22.8 Å². The van der Waals surface area contributed by atoms with Crippen LogP contribution in [0.15, 0.2) is 36.5 Å². The molecule has 0 saturated heterocycles. The first kappa shape index (κ1) is 14.5. The van der Waals surface area contributed by atoms with Gasteiger partial charge in [-0.25, -0.2) is 0 Å². The fraction of sp³-hybridized carbons (Fsp3) is 0.200. The van der Waals surface area contributed by atoms with E-state index in [4.69, 9.17) is 11.0 Å². The second-order valence-corrected chi connectivity index (χ2v) is 4.50. The first-order valence-corrected chi connectivity index (χ1v) is 6.44. The predicted octanol–water partition coefficient (Wildman–Crippen LogP) is 1.12. The highest BCUT2D eigenvalue weighted by Crippen LogP contribution is 2.16. The quantitative estimate of drug-likeness (QED) is 0.856. The number of benzene rings is 1. The van der Waals surface area contributed by atoms with Gasteiger partial charge in [0.05, 0.1) is 17.1 Å². The highest BCUT2D eigenvalue weighted by molar-refractivity contribution is 6.07. The van der Waals surface area contributed by atoms with E-state index in [1.54, 1.807) is 18.2 Å². The molecule has 21 heavy (non-hydrogen) atoms. The molecule has 0 aliphatic rings. The number of carbonyl (C=O) groups is 2. The van der Waals surface area contributed by atoms with E-state index in [0.717, 1.165) is 0 Å². The number of hydrogen-bond donors (Lipinski definition) is 2. The first-order valence-electron chi connectivity index (χ1n) is 6.44. The molecule has 2 amide bonds. The van der Waals surface area contributed by atoms with Crippen LogP contribution in [0, 0.1) is 11.3 Å². The van der Waals surface area contributed by atoms with Gasteiger partial charge in [-0.2, -0.15) is 5.26 Å². The van der Waals surface area contributed by atoms with Crippen molar-refractivity contribution in [3.05, 3.63) is 42.1 Å². The minimum Gasteiger partial charge on any atom is -0.368 e. The van der Waals surface area contributed by atoms with E-state index >= 15 is 0 Å². The molecule has 0 radical (unpaired) electrons. The number of fused-ring (bicyclic) bond motifs is 1. The summed E-state index contributed by atoms with van der Waals surface area (Å²) in [5.41, 5.74) is 6.35. The number of para-hydroxylation sites is 1. The predicted molar refractivity (Wildman–Crippen MR) is 77.0 cm³/mol. The summed E-state index contributed by atoms with van der Waals surface area (Å²) in [5.74, 6) is -1.06. The van der Waals surface area contributed by atoms with Crippen molar-refractivity contribution in [2.75, 3.05) is 0 Å². The second-order valence-electron chi connectivity index (χ2n) is 4.50. The van der Waals surface area contributed by atoms with Gasteiger partial charge in [0.25, 0.3) is 5.91 Å². The molecule has 2 rings (SSSR count). The minimum absolute atomic E-state index is 0.144. The third kappa shape index (κ3) is 3.34. The Balaban J connectivity index is 2.26. The zero-order chi connectivity index (χ0) is 15.2. The summed E-state index contributed by atoms with van der Waals surface area (Å²) in [5, 5.41) is 11.8. The lowest BCUT2D eigenvalue weighted by Crippen LogP contribution is -2.44. The van der Waals surface area contributed by atoms with Crippen LogP contribution < -0.4 is 11.1 Å². The molecule has 1 aromatic heterocycles. The Morgan fingerprint density at radius 1 is 1.33 bits per heavy atom. The molecule has 0 spiro atoms. The molecule has 6 heteroatoms. The van der Waals surface area contributed by atoms with Gasteiger partial charge in [-0.1, -0.05) is 18.2 Å². The van der Waals surface area contributed by atoms with Gasteiger partial charge in [0.2, 0.25) is 5.91 Å². The molecular formula is C15H14N4O2. The van der Waals surface area contributed by atoms with E-state index in [1.165, 1.54) is 6.20 Å². The molecule has 3 N–H and O–H groups in total. The van der Waals surface area contributed by atoms with Crippen LogP contribution in [-0.2, 0) is 4.79 Å². The Kier molecular flexibility index (Phi) is 4.46. The lowest BCUT2D eigenvalue weighted by atomic mass is 10.1. The summed E-state index contributed by atoms with van der Waals surface area (Å²) in [4.78, 5) is 27.8. The maximum atomic E-state index is 12.3. The summed E-state index contributed by atoms with van der Waals surface area (Å²) >= 11 is 0. The molecule has 6 nitrogen and oxygen atoms in total. The number of pyridine rings is 1. The molecule has 106 valence electrons. The number of rotatable bonds is 5. The Morgan fingerprint density at radius 3 is 2.81 bits per heavy atom. The standard InChI is InChI=1S/C15H14N4O2/c16-8-3-6-13(14(17)20)19-15(21)11-7-9-18-12-5-2-1-4-10(11)12/h1-2,4-5,7,9,13H,3,6H2,(H2,17,20)(H,19,21)/t13-/m1/s1. The van der Waals surface area contributed by atoms with Gasteiger partial charge in [0.1, 0.15) is 6.04 Å². The highest BCUT2D eigenvalue weighted by atomic mass is 16.2. The van der Waals surface area contributed by atoms with Gasteiger partial charge in [-0.3, -0.25) is 14.6 Å². The molecule has 1 atom stereocenters. The Morgan fingerprint density at radius 2 is 2.10 bits per heavy atom. The number of nitrogens with two attached hydrogens (primary N) is 1. The third-order valence-electron chi connectivity index (χ3n) is 3.09. The maximum Gasteiger partial charge on any atom is 0.252 e. The molecule has 0 aliphatic heterocycles. The van der Waals surface area contributed by atoms with E-state index in [9.17, 15) is 9.59 Å². The summed E-state index contributed by atoms with van der Waals surface area (Å²) in [7, 11) is 0. The molecule has 0 fully saturated rings. The van der Waals surface area contributed by atoms with Crippen LogP contribution in [0.1, 0.15) is 23.2 Å². The zero-order valence-corrected chi connectivity index (χ0v) is 11.2. The Bertz CT molecular complexity index is 716. The minimum atomic E-state index is -0.857. The molecule has 1 aromatic carbocycles. The molecule has 0 aliphatic carbocycles. The highest BCUT2D eigenvalue weighted by Gasteiger charge is 2.19. The van der Waals surface area contributed by atoms with Gasteiger partial charge >= 0.3 is 0 Å². The zero-order valence-electron chi connectivity index (χ0n) is 11.2. The van der Waals surface area contributed by atoms with E-state index in [0.29, 0.717) is 16.5 Å². The van der Waals surface area contributed by atoms with Crippen LogP contribution >= 0.6 is 0 Å². The SMILES string of the molecule is N#CCC[C@@H](NC(=O)c1ccnc2ccccc12)C(N)=O. The summed E-state index contributed by atoms with van der Waals surface area (Å²) in [6, 6.07) is 9.87. The Labute approximate surface area is 121 Å². The van der Waals surface area contributed by atoms with Gasteiger partial charge in [-0.15, -0.1) is 0 Å². The molecule has 0 saturated carbocycles. The van der Waals surface area contributed by atoms with Gasteiger partial charge in [0, 0.05) is 18.0 Å². The number of nitrogens with zero attached hydrogens (tertiary/aromatic N) is 2. The summed E-state index contributed by atoms with van der Waals surface area (Å²) in [6.07, 6.45) is 1.87. The van der Waals surface area contributed by atoms with Crippen molar-refractivity contribution in [3.8, 4) is 6.07 Å². The lowest BCUT2D eigenvalue weighted by molar-refractivity contribution is -0.119. The van der Waals surface area contributed by atoms with Gasteiger partial charge in [0.15, 0.2) is 0 Å². The van der Waals surface area contributed by atoms with Crippen LogP contribution in [0.4, 0.5) is 0 Å². The second kappa shape index (κ2) is 6.48. The number of nitrogens with one attached hydrogen (secondary N) is 1. The summed E-state index contributed by atoms with van der Waals surface area (Å²) in [6.45, 7) is 0. The van der Waals surface area contributed by atoms with E-state index in [-0.39, 0.29) is 12.8 Å². The Hall–Kier alpha value is -2.94. The van der Waals surface area contributed by atoms with Crippen molar-refractivity contribution in [2.24, 2.45) is 5.73 Å². The van der Waals surface area contributed by atoms with Crippen molar-refractivity contribution in [1.29, 1.82) is 5.26 Å². The monoisotopic (exact) mass is 282 g/mol. The normalized spacial score (nSPS) is 11.6. The first-order chi connectivity index (χ1) is 10.1. The van der Waals surface area contributed by atoms with Crippen LogP contribution in [0.5, 0.6) is 0 Å². The van der Waals surface area contributed by atoms with Crippen LogP contribution in [0.25, 0.3) is 10.9 Å². The lowest BCUT2D eigenvalue weighted by Gasteiger charge is -2.14. The fourth-order valence-corrected chi connectivity index (χ4v) is 2.02. The largest absolute Gasteiger partial charge is 0.368 e. The number of amides is 2. The fourth-order valence-electron chi connectivity index (χ4n) is 2.02. The summed E-state index contributed by atoms with van der Waals surface area (Å²) < 4.78 is 0. The third-order valence-corrected chi connectivity index (χ3v) is 3.09. The topological polar surface area (TPSA) is 109 Å². The van der Waals surface area contributed by atoms with Gasteiger partial charge in [-0.05, 0) is 18.6 Å². The number of hydrogen-bond acceptors (Lipinski definition) is 4. The van der Waals surface area contributed by atoms with Crippen molar-refractivity contribution >= 4 is 22.7 Å². The maximum absolute atomic E-state index is 12.3. The number of carbonyl (C=O) groups excluding carboxylic acids is 2. The molecule has 1 heterocycles. The number of nitriles is 1.